The molecule has 3 rings (SSSR count). The van der Waals surface area contributed by atoms with Crippen LogP contribution in [0.25, 0.3) is 10.9 Å². The van der Waals surface area contributed by atoms with E-state index in [9.17, 15) is 13.6 Å². The van der Waals surface area contributed by atoms with E-state index in [1.807, 2.05) is 24.4 Å². The number of aromatic nitrogens is 1. The van der Waals surface area contributed by atoms with Crippen LogP contribution in [0, 0.1) is 0 Å². The average Bonchev–Trinajstić information content (AvgIpc) is 3.03. The van der Waals surface area contributed by atoms with E-state index in [1.54, 1.807) is 6.07 Å². The Morgan fingerprint density at radius 2 is 2.27 bits per heavy atom. The third kappa shape index (κ3) is 2.97. The maximum atomic E-state index is 13.2. The van der Waals surface area contributed by atoms with Crippen LogP contribution >= 0.6 is 0 Å². The zero-order valence-electron chi connectivity index (χ0n) is 12.4. The molecule has 2 N–H and O–H groups in total. The summed E-state index contributed by atoms with van der Waals surface area (Å²) in [5.41, 5.74) is 1.66. The summed E-state index contributed by atoms with van der Waals surface area (Å²) in [7, 11) is 0. The standard InChI is InChI=1S/C16H19F2N3O/c1-2-6-21-7-5-11-3-4-12(8-14(11)21)20-15(22)13-9-16(17,18)10-19-13/h3-5,7-8,13,19H,2,6,9-10H2,1H3,(H,20,22). The van der Waals surface area contributed by atoms with Gasteiger partial charge in [0, 0.05) is 24.8 Å². The first-order valence-corrected chi connectivity index (χ1v) is 7.49. The van der Waals surface area contributed by atoms with Crippen LogP contribution in [-0.4, -0.2) is 29.0 Å². The minimum Gasteiger partial charge on any atom is -0.347 e. The maximum absolute atomic E-state index is 13.2. The number of anilines is 1. The van der Waals surface area contributed by atoms with Crippen molar-refractivity contribution in [2.75, 3.05) is 11.9 Å². The number of alkyl halides is 2. The first-order valence-electron chi connectivity index (χ1n) is 7.49. The maximum Gasteiger partial charge on any atom is 0.262 e. The van der Waals surface area contributed by atoms with Gasteiger partial charge < -0.3 is 9.88 Å². The van der Waals surface area contributed by atoms with E-state index in [-0.39, 0.29) is 0 Å². The Morgan fingerprint density at radius 1 is 1.45 bits per heavy atom. The van der Waals surface area contributed by atoms with Gasteiger partial charge in [0.25, 0.3) is 5.92 Å². The highest BCUT2D eigenvalue weighted by Crippen LogP contribution is 2.26. The molecule has 0 bridgehead atoms. The number of nitrogens with zero attached hydrogens (tertiary/aromatic N) is 1. The molecular weight excluding hydrogens is 288 g/mol. The van der Waals surface area contributed by atoms with Crippen LogP contribution in [0.2, 0.25) is 0 Å². The van der Waals surface area contributed by atoms with Crippen LogP contribution in [0.4, 0.5) is 14.5 Å². The topological polar surface area (TPSA) is 46.1 Å². The molecule has 1 aliphatic rings. The number of rotatable bonds is 4. The Balaban J connectivity index is 1.76. The molecule has 1 amide bonds. The van der Waals surface area contributed by atoms with Gasteiger partial charge >= 0.3 is 0 Å². The number of halogens is 2. The van der Waals surface area contributed by atoms with Gasteiger partial charge in [-0.2, -0.15) is 0 Å². The molecule has 1 aliphatic heterocycles. The first-order chi connectivity index (χ1) is 10.5. The fourth-order valence-corrected chi connectivity index (χ4v) is 2.83. The molecule has 0 aliphatic carbocycles. The molecule has 1 saturated heterocycles. The summed E-state index contributed by atoms with van der Waals surface area (Å²) in [5.74, 6) is -3.22. The third-order valence-electron chi connectivity index (χ3n) is 3.93. The number of amides is 1. The smallest absolute Gasteiger partial charge is 0.262 e. The van der Waals surface area contributed by atoms with Gasteiger partial charge in [0.1, 0.15) is 0 Å². The van der Waals surface area contributed by atoms with Crippen molar-refractivity contribution in [3.63, 3.8) is 0 Å². The van der Waals surface area contributed by atoms with Crippen molar-refractivity contribution in [2.45, 2.75) is 38.3 Å². The molecule has 2 aromatic rings. The van der Waals surface area contributed by atoms with E-state index in [0.29, 0.717) is 5.69 Å². The van der Waals surface area contributed by atoms with Crippen LogP contribution in [-0.2, 0) is 11.3 Å². The minimum atomic E-state index is -2.80. The van der Waals surface area contributed by atoms with Gasteiger partial charge in [-0.1, -0.05) is 13.0 Å². The summed E-state index contributed by atoms with van der Waals surface area (Å²) in [6.07, 6.45) is 2.58. The van der Waals surface area contributed by atoms with Crippen molar-refractivity contribution in [1.82, 2.24) is 9.88 Å². The summed E-state index contributed by atoms with van der Waals surface area (Å²) in [5, 5.41) is 6.38. The Hall–Kier alpha value is -1.95. The second-order valence-corrected chi connectivity index (χ2v) is 5.77. The monoisotopic (exact) mass is 307 g/mol. The Bertz CT molecular complexity index is 696. The van der Waals surface area contributed by atoms with Crippen molar-refractivity contribution >= 4 is 22.5 Å². The van der Waals surface area contributed by atoms with Crippen molar-refractivity contribution < 1.29 is 13.6 Å². The van der Waals surface area contributed by atoms with E-state index < -0.39 is 30.8 Å². The highest BCUT2D eigenvalue weighted by atomic mass is 19.3. The summed E-state index contributed by atoms with van der Waals surface area (Å²) in [6.45, 7) is 2.56. The largest absolute Gasteiger partial charge is 0.347 e. The number of hydrogen-bond acceptors (Lipinski definition) is 2. The predicted octanol–water partition coefficient (Wildman–Crippen LogP) is 2.99. The SMILES string of the molecule is CCCn1ccc2ccc(NC(=O)C3CC(F)(F)CN3)cc21. The number of nitrogens with one attached hydrogen (secondary N) is 2. The second-order valence-electron chi connectivity index (χ2n) is 5.77. The van der Waals surface area contributed by atoms with E-state index in [0.717, 1.165) is 23.9 Å². The van der Waals surface area contributed by atoms with Gasteiger partial charge in [-0.15, -0.1) is 0 Å². The summed E-state index contributed by atoms with van der Waals surface area (Å²) < 4.78 is 28.4. The molecule has 1 fully saturated rings. The molecule has 1 unspecified atom stereocenters. The molecule has 4 nitrogen and oxygen atoms in total. The molecule has 0 spiro atoms. The van der Waals surface area contributed by atoms with Crippen LogP contribution in [0.3, 0.4) is 0 Å². The molecule has 0 radical (unpaired) electrons. The van der Waals surface area contributed by atoms with E-state index >= 15 is 0 Å². The molecule has 2 heterocycles. The summed E-state index contributed by atoms with van der Waals surface area (Å²) in [6, 6.07) is 6.79. The normalized spacial score (nSPS) is 20.4. The highest BCUT2D eigenvalue weighted by molar-refractivity contribution is 5.97. The quantitative estimate of drug-likeness (QED) is 0.912. The molecule has 0 saturated carbocycles. The summed E-state index contributed by atoms with van der Waals surface area (Å²) in [4.78, 5) is 12.1. The molecular formula is C16H19F2N3O. The van der Waals surface area contributed by atoms with Crippen molar-refractivity contribution in [3.8, 4) is 0 Å². The second kappa shape index (κ2) is 5.68. The van der Waals surface area contributed by atoms with Crippen LogP contribution in [0.5, 0.6) is 0 Å². The van der Waals surface area contributed by atoms with Gasteiger partial charge in [-0.25, -0.2) is 8.78 Å². The van der Waals surface area contributed by atoms with Crippen LogP contribution in [0.1, 0.15) is 19.8 Å². The van der Waals surface area contributed by atoms with Crippen LogP contribution in [0.15, 0.2) is 30.5 Å². The number of benzene rings is 1. The lowest BCUT2D eigenvalue weighted by Crippen LogP contribution is -2.35. The molecule has 6 heteroatoms. The van der Waals surface area contributed by atoms with E-state index in [4.69, 9.17) is 0 Å². The summed E-state index contributed by atoms with van der Waals surface area (Å²) >= 11 is 0. The first kappa shape index (κ1) is 15.0. The number of carbonyl (C=O) groups is 1. The van der Waals surface area contributed by atoms with Gasteiger partial charge in [0.05, 0.1) is 18.1 Å². The van der Waals surface area contributed by atoms with Gasteiger partial charge in [-0.3, -0.25) is 10.1 Å². The Morgan fingerprint density at radius 3 is 2.95 bits per heavy atom. The molecule has 118 valence electrons. The van der Waals surface area contributed by atoms with Gasteiger partial charge in [0.15, 0.2) is 0 Å². The zero-order valence-corrected chi connectivity index (χ0v) is 12.4. The molecule has 1 aromatic heterocycles. The van der Waals surface area contributed by atoms with E-state index in [1.165, 1.54) is 0 Å². The Kier molecular flexibility index (Phi) is 3.87. The molecule has 1 atom stereocenters. The van der Waals surface area contributed by atoms with Crippen molar-refractivity contribution in [1.29, 1.82) is 0 Å². The van der Waals surface area contributed by atoms with Crippen molar-refractivity contribution in [3.05, 3.63) is 30.5 Å². The Labute approximate surface area is 127 Å². The van der Waals surface area contributed by atoms with Gasteiger partial charge in [0.2, 0.25) is 5.91 Å². The lowest BCUT2D eigenvalue weighted by atomic mass is 10.1. The number of aryl methyl sites for hydroxylation is 1. The van der Waals surface area contributed by atoms with Gasteiger partial charge in [-0.05, 0) is 30.0 Å². The zero-order chi connectivity index (χ0) is 15.7. The van der Waals surface area contributed by atoms with E-state index in [2.05, 4.69) is 22.1 Å². The third-order valence-corrected chi connectivity index (χ3v) is 3.93. The minimum absolute atomic E-state index is 0.412. The number of fused-ring (bicyclic) bond motifs is 1. The van der Waals surface area contributed by atoms with Crippen molar-refractivity contribution in [2.24, 2.45) is 0 Å². The molecule has 1 aromatic carbocycles. The number of carbonyl (C=O) groups excluding carboxylic acids is 1. The fourth-order valence-electron chi connectivity index (χ4n) is 2.83. The predicted molar refractivity (Wildman–Crippen MR) is 82.2 cm³/mol. The lowest BCUT2D eigenvalue weighted by Gasteiger charge is -2.12. The van der Waals surface area contributed by atoms with Crippen LogP contribution < -0.4 is 10.6 Å². The molecule has 22 heavy (non-hydrogen) atoms. The number of hydrogen-bond donors (Lipinski definition) is 2. The highest BCUT2D eigenvalue weighted by Gasteiger charge is 2.42. The lowest BCUT2D eigenvalue weighted by molar-refractivity contribution is -0.118. The fraction of sp³-hybridized carbons (Fsp3) is 0.438. The average molecular weight is 307 g/mol.